The second-order valence-corrected chi connectivity index (χ2v) is 4.85. The van der Waals surface area contributed by atoms with Crippen LogP contribution in [0.2, 0.25) is 5.02 Å². The molecule has 2 amide bonds. The SMILES string of the molecule is CC(=O)Nc1ccc(NC(=O)C2COCCN2)cc1Cl. The van der Waals surface area contributed by atoms with Gasteiger partial charge in [-0.3, -0.25) is 9.59 Å². The molecule has 1 aliphatic heterocycles. The Hall–Kier alpha value is -1.63. The number of ether oxygens (including phenoxy) is 1. The summed E-state index contributed by atoms with van der Waals surface area (Å²) in [6.07, 6.45) is 0. The first-order chi connectivity index (χ1) is 9.56. The van der Waals surface area contributed by atoms with E-state index in [1.807, 2.05) is 0 Å². The van der Waals surface area contributed by atoms with Crippen molar-refractivity contribution in [3.8, 4) is 0 Å². The van der Waals surface area contributed by atoms with Crippen LogP contribution in [0.3, 0.4) is 0 Å². The van der Waals surface area contributed by atoms with Gasteiger partial charge in [0.1, 0.15) is 6.04 Å². The highest BCUT2D eigenvalue weighted by molar-refractivity contribution is 6.34. The van der Waals surface area contributed by atoms with Crippen molar-refractivity contribution in [1.29, 1.82) is 0 Å². The molecule has 1 fully saturated rings. The molecule has 0 radical (unpaired) electrons. The first kappa shape index (κ1) is 14.8. The fraction of sp³-hybridized carbons (Fsp3) is 0.385. The van der Waals surface area contributed by atoms with Crippen LogP contribution < -0.4 is 16.0 Å². The fourth-order valence-electron chi connectivity index (χ4n) is 1.85. The molecule has 1 saturated heterocycles. The van der Waals surface area contributed by atoms with E-state index >= 15 is 0 Å². The van der Waals surface area contributed by atoms with Gasteiger partial charge < -0.3 is 20.7 Å². The van der Waals surface area contributed by atoms with Gasteiger partial charge in [-0.2, -0.15) is 0 Å². The summed E-state index contributed by atoms with van der Waals surface area (Å²) in [4.78, 5) is 22.9. The van der Waals surface area contributed by atoms with E-state index in [9.17, 15) is 9.59 Å². The molecule has 1 unspecified atom stereocenters. The van der Waals surface area contributed by atoms with Crippen LogP contribution in [0.1, 0.15) is 6.92 Å². The zero-order chi connectivity index (χ0) is 14.5. The summed E-state index contributed by atoms with van der Waals surface area (Å²) < 4.78 is 5.23. The maximum Gasteiger partial charge on any atom is 0.243 e. The molecule has 1 aromatic rings. The zero-order valence-corrected chi connectivity index (χ0v) is 11.8. The van der Waals surface area contributed by atoms with Crippen molar-refractivity contribution in [2.45, 2.75) is 13.0 Å². The Balaban J connectivity index is 2.00. The first-order valence-corrected chi connectivity index (χ1v) is 6.63. The van der Waals surface area contributed by atoms with Gasteiger partial charge in [-0.05, 0) is 18.2 Å². The second kappa shape index (κ2) is 6.69. The van der Waals surface area contributed by atoms with E-state index in [1.54, 1.807) is 18.2 Å². The molecular weight excluding hydrogens is 282 g/mol. The molecule has 0 aromatic heterocycles. The normalized spacial score (nSPS) is 18.4. The number of benzene rings is 1. The number of carbonyl (C=O) groups excluding carboxylic acids is 2. The molecule has 0 bridgehead atoms. The zero-order valence-electron chi connectivity index (χ0n) is 11.0. The van der Waals surface area contributed by atoms with Gasteiger partial charge in [-0.1, -0.05) is 11.6 Å². The van der Waals surface area contributed by atoms with Crippen LogP contribution in [0.4, 0.5) is 11.4 Å². The minimum Gasteiger partial charge on any atom is -0.378 e. The van der Waals surface area contributed by atoms with Crippen LogP contribution in [-0.2, 0) is 14.3 Å². The molecule has 1 heterocycles. The summed E-state index contributed by atoms with van der Waals surface area (Å²) in [5, 5.41) is 8.79. The Morgan fingerprint density at radius 3 is 2.80 bits per heavy atom. The molecule has 0 spiro atoms. The van der Waals surface area contributed by atoms with Crippen LogP contribution in [-0.4, -0.2) is 37.6 Å². The number of amides is 2. The number of carbonyl (C=O) groups is 2. The summed E-state index contributed by atoms with van der Waals surface area (Å²) in [6, 6.07) is 4.55. The molecule has 0 saturated carbocycles. The summed E-state index contributed by atoms with van der Waals surface area (Å²) in [5.41, 5.74) is 1.08. The van der Waals surface area contributed by atoms with E-state index in [4.69, 9.17) is 16.3 Å². The lowest BCUT2D eigenvalue weighted by Crippen LogP contribution is -2.48. The number of anilines is 2. The van der Waals surface area contributed by atoms with Crippen molar-refractivity contribution >= 4 is 34.8 Å². The van der Waals surface area contributed by atoms with Gasteiger partial charge in [-0.15, -0.1) is 0 Å². The Kier molecular flexibility index (Phi) is 4.94. The molecule has 3 N–H and O–H groups in total. The van der Waals surface area contributed by atoms with Crippen molar-refractivity contribution in [1.82, 2.24) is 5.32 Å². The second-order valence-electron chi connectivity index (χ2n) is 4.45. The van der Waals surface area contributed by atoms with E-state index in [0.29, 0.717) is 36.2 Å². The summed E-state index contributed by atoms with van der Waals surface area (Å²) in [6.45, 7) is 3.02. The van der Waals surface area contributed by atoms with E-state index in [2.05, 4.69) is 16.0 Å². The van der Waals surface area contributed by atoms with Crippen molar-refractivity contribution < 1.29 is 14.3 Å². The van der Waals surface area contributed by atoms with Crippen LogP contribution in [0.15, 0.2) is 18.2 Å². The number of halogens is 1. The Morgan fingerprint density at radius 2 is 2.20 bits per heavy atom. The topological polar surface area (TPSA) is 79.5 Å². The monoisotopic (exact) mass is 297 g/mol. The molecule has 0 aliphatic carbocycles. The number of hydrogen-bond donors (Lipinski definition) is 3. The number of hydrogen-bond acceptors (Lipinski definition) is 4. The van der Waals surface area contributed by atoms with Gasteiger partial charge in [0.05, 0.1) is 23.9 Å². The average Bonchev–Trinajstić information content (AvgIpc) is 2.42. The minimum absolute atomic E-state index is 0.173. The lowest BCUT2D eigenvalue weighted by Gasteiger charge is -2.23. The summed E-state index contributed by atoms with van der Waals surface area (Å²) >= 11 is 6.04. The largest absolute Gasteiger partial charge is 0.378 e. The summed E-state index contributed by atoms with van der Waals surface area (Å²) in [5.74, 6) is -0.375. The van der Waals surface area contributed by atoms with Gasteiger partial charge in [0.15, 0.2) is 0 Å². The van der Waals surface area contributed by atoms with E-state index < -0.39 is 0 Å². The highest BCUT2D eigenvalue weighted by Gasteiger charge is 2.21. The molecule has 20 heavy (non-hydrogen) atoms. The van der Waals surface area contributed by atoms with Gasteiger partial charge in [0, 0.05) is 19.2 Å². The quantitative estimate of drug-likeness (QED) is 0.784. The van der Waals surface area contributed by atoms with E-state index in [-0.39, 0.29) is 17.9 Å². The fourth-order valence-corrected chi connectivity index (χ4v) is 2.07. The first-order valence-electron chi connectivity index (χ1n) is 6.25. The lowest BCUT2D eigenvalue weighted by molar-refractivity contribution is -0.120. The molecule has 1 aromatic carbocycles. The molecule has 1 aliphatic rings. The highest BCUT2D eigenvalue weighted by Crippen LogP contribution is 2.25. The standard InChI is InChI=1S/C13H16ClN3O3/c1-8(18)16-11-3-2-9(6-10(11)14)17-13(19)12-7-20-5-4-15-12/h2-3,6,12,15H,4-5,7H2,1H3,(H,16,18)(H,17,19). The number of nitrogens with one attached hydrogen (secondary N) is 3. The van der Waals surface area contributed by atoms with Gasteiger partial charge in [0.2, 0.25) is 11.8 Å². The van der Waals surface area contributed by atoms with Crippen molar-refractivity contribution in [3.63, 3.8) is 0 Å². The Morgan fingerprint density at radius 1 is 1.40 bits per heavy atom. The van der Waals surface area contributed by atoms with Crippen LogP contribution >= 0.6 is 11.6 Å². The Bertz CT molecular complexity index is 516. The van der Waals surface area contributed by atoms with Crippen LogP contribution in [0.5, 0.6) is 0 Å². The van der Waals surface area contributed by atoms with Gasteiger partial charge >= 0.3 is 0 Å². The van der Waals surface area contributed by atoms with Crippen molar-refractivity contribution in [3.05, 3.63) is 23.2 Å². The highest BCUT2D eigenvalue weighted by atomic mass is 35.5. The molecule has 1 atom stereocenters. The lowest BCUT2D eigenvalue weighted by atomic mass is 10.2. The predicted octanol–water partition coefficient (Wildman–Crippen LogP) is 1.23. The van der Waals surface area contributed by atoms with Crippen molar-refractivity contribution in [2.24, 2.45) is 0 Å². The molecule has 7 heteroatoms. The smallest absolute Gasteiger partial charge is 0.243 e. The summed E-state index contributed by atoms with van der Waals surface area (Å²) in [7, 11) is 0. The maximum atomic E-state index is 12.0. The molecule has 6 nitrogen and oxygen atoms in total. The van der Waals surface area contributed by atoms with Gasteiger partial charge in [-0.25, -0.2) is 0 Å². The average molecular weight is 298 g/mol. The third kappa shape index (κ3) is 3.93. The molecule has 108 valence electrons. The van der Waals surface area contributed by atoms with E-state index in [0.717, 1.165) is 0 Å². The predicted molar refractivity (Wildman–Crippen MR) is 77.0 cm³/mol. The third-order valence-corrected chi connectivity index (χ3v) is 3.10. The third-order valence-electron chi connectivity index (χ3n) is 2.79. The minimum atomic E-state index is -0.363. The van der Waals surface area contributed by atoms with E-state index in [1.165, 1.54) is 6.92 Å². The van der Waals surface area contributed by atoms with Crippen molar-refractivity contribution in [2.75, 3.05) is 30.4 Å². The number of rotatable bonds is 3. The Labute approximate surface area is 121 Å². The molecule has 2 rings (SSSR count). The van der Waals surface area contributed by atoms with Crippen LogP contribution in [0.25, 0.3) is 0 Å². The maximum absolute atomic E-state index is 12.0. The van der Waals surface area contributed by atoms with Gasteiger partial charge in [0.25, 0.3) is 0 Å². The number of morpholine rings is 1. The van der Waals surface area contributed by atoms with Crippen LogP contribution in [0, 0.1) is 0 Å². The molecular formula is C13H16ClN3O3.